The standard InChI is InChI=1S/C65H125N2O7P/c1-7-10-13-16-19-22-25-27-29-31-32-33-34-36-37-39-42-45-48-51-54-57-64(68)66-62(61-73-75(70,71)72-60-59-67(4,5)6)63(56-53-50-47-44-41-24-21-18-15-12-9-3)74-65(69)58-55-52-49-46-43-40-38-35-30-28-26-23-20-17-14-11-8-2/h19,22,27,29,53,56,62-63H,7-18,20-21,23-26,28,30-52,54-55,57-61H2,1-6H3,(H-,66,68,70,71)/p+1/b22-19-,29-27-,56-53+. The van der Waals surface area contributed by atoms with Crippen LogP contribution in [0.1, 0.15) is 316 Å². The molecule has 0 aliphatic heterocycles. The lowest BCUT2D eigenvalue weighted by Crippen LogP contribution is -2.47. The Balaban J connectivity index is 5.13. The van der Waals surface area contributed by atoms with Gasteiger partial charge in [0.25, 0.3) is 0 Å². The summed E-state index contributed by atoms with van der Waals surface area (Å²) in [7, 11) is 1.51. The number of likely N-dealkylation sites (N-methyl/N-ethyl adjacent to an activating group) is 1. The molecule has 0 aliphatic carbocycles. The Hall–Kier alpha value is -1.77. The number of hydrogen-bond acceptors (Lipinski definition) is 6. The molecular formula is C65H126N2O7P+. The molecule has 0 rings (SSSR count). The molecule has 0 aromatic rings. The Morgan fingerprint density at radius 2 is 0.813 bits per heavy atom. The number of quaternary nitrogens is 1. The molecule has 442 valence electrons. The van der Waals surface area contributed by atoms with Crippen LogP contribution in [0.3, 0.4) is 0 Å². The molecule has 3 atom stereocenters. The molecule has 9 nitrogen and oxygen atoms in total. The predicted octanol–water partition coefficient (Wildman–Crippen LogP) is 19.9. The van der Waals surface area contributed by atoms with E-state index < -0.39 is 20.0 Å². The van der Waals surface area contributed by atoms with E-state index in [0.29, 0.717) is 23.9 Å². The van der Waals surface area contributed by atoms with E-state index in [0.717, 1.165) is 64.2 Å². The number of phosphoric acid groups is 1. The first-order chi connectivity index (χ1) is 36.4. The van der Waals surface area contributed by atoms with Crippen LogP contribution in [0.15, 0.2) is 36.5 Å². The summed E-state index contributed by atoms with van der Waals surface area (Å²) in [5.74, 6) is -0.492. The third kappa shape index (κ3) is 56.8. The predicted molar refractivity (Wildman–Crippen MR) is 323 cm³/mol. The number of rotatable bonds is 59. The smallest absolute Gasteiger partial charge is 0.456 e. The summed E-state index contributed by atoms with van der Waals surface area (Å²) < 4.78 is 30.7. The van der Waals surface area contributed by atoms with Crippen LogP contribution in [0.25, 0.3) is 0 Å². The van der Waals surface area contributed by atoms with Gasteiger partial charge in [-0.2, -0.15) is 0 Å². The number of nitrogens with zero attached hydrogens (tertiary/aromatic N) is 1. The van der Waals surface area contributed by atoms with E-state index in [1.54, 1.807) is 0 Å². The highest BCUT2D eigenvalue weighted by atomic mass is 31.2. The van der Waals surface area contributed by atoms with Gasteiger partial charge in [-0.25, -0.2) is 4.57 Å². The summed E-state index contributed by atoms with van der Waals surface area (Å²) >= 11 is 0. The topological polar surface area (TPSA) is 111 Å². The Bertz CT molecular complexity index is 1380. The zero-order valence-electron chi connectivity index (χ0n) is 50.6. The van der Waals surface area contributed by atoms with Crippen LogP contribution in [-0.4, -0.2) is 74.3 Å². The van der Waals surface area contributed by atoms with Gasteiger partial charge in [-0.05, 0) is 63.9 Å². The summed E-state index contributed by atoms with van der Waals surface area (Å²) in [6.45, 7) is 7.02. The summed E-state index contributed by atoms with van der Waals surface area (Å²) in [6.07, 6.45) is 67.1. The normalized spacial score (nSPS) is 13.9. The van der Waals surface area contributed by atoms with E-state index >= 15 is 0 Å². The van der Waals surface area contributed by atoms with Crippen molar-refractivity contribution in [2.24, 2.45) is 0 Å². The molecule has 0 radical (unpaired) electrons. The van der Waals surface area contributed by atoms with Gasteiger partial charge < -0.3 is 19.4 Å². The van der Waals surface area contributed by atoms with Gasteiger partial charge in [0.2, 0.25) is 5.91 Å². The molecule has 0 bridgehead atoms. The zero-order valence-corrected chi connectivity index (χ0v) is 51.5. The number of hydrogen-bond donors (Lipinski definition) is 2. The molecule has 0 saturated carbocycles. The molecule has 0 heterocycles. The van der Waals surface area contributed by atoms with E-state index in [2.05, 4.69) is 50.4 Å². The van der Waals surface area contributed by atoms with Gasteiger partial charge in [0.1, 0.15) is 19.3 Å². The van der Waals surface area contributed by atoms with Gasteiger partial charge in [-0.15, -0.1) is 0 Å². The molecule has 0 spiro atoms. The highest BCUT2D eigenvalue weighted by Gasteiger charge is 2.30. The van der Waals surface area contributed by atoms with E-state index in [9.17, 15) is 19.0 Å². The molecule has 2 N–H and O–H groups in total. The Morgan fingerprint density at radius 3 is 1.23 bits per heavy atom. The maximum absolute atomic E-state index is 13.6. The summed E-state index contributed by atoms with van der Waals surface area (Å²) in [5.41, 5.74) is 0. The summed E-state index contributed by atoms with van der Waals surface area (Å²) in [5, 5.41) is 3.06. The van der Waals surface area contributed by atoms with E-state index in [1.807, 2.05) is 33.3 Å². The first-order valence-corrected chi connectivity index (χ1v) is 33.8. The average Bonchev–Trinajstić information content (AvgIpc) is 3.37. The van der Waals surface area contributed by atoms with Crippen LogP contribution in [0.5, 0.6) is 0 Å². The second kappa shape index (κ2) is 55.5. The highest BCUT2D eigenvalue weighted by Crippen LogP contribution is 2.43. The molecule has 0 aliphatic rings. The van der Waals surface area contributed by atoms with E-state index in [-0.39, 0.29) is 25.1 Å². The van der Waals surface area contributed by atoms with Crippen LogP contribution in [0.2, 0.25) is 0 Å². The Labute approximate surface area is 466 Å². The second-order valence-electron chi connectivity index (χ2n) is 23.3. The zero-order chi connectivity index (χ0) is 55.0. The van der Waals surface area contributed by atoms with E-state index in [1.165, 1.54) is 218 Å². The van der Waals surface area contributed by atoms with Crippen LogP contribution in [0, 0.1) is 0 Å². The van der Waals surface area contributed by atoms with Gasteiger partial charge in [-0.3, -0.25) is 18.6 Å². The fourth-order valence-electron chi connectivity index (χ4n) is 9.56. The lowest BCUT2D eigenvalue weighted by Gasteiger charge is -2.27. The number of nitrogens with one attached hydrogen (secondary N) is 1. The van der Waals surface area contributed by atoms with E-state index in [4.69, 9.17) is 13.8 Å². The van der Waals surface area contributed by atoms with Crippen LogP contribution < -0.4 is 5.32 Å². The number of carbonyl (C=O) groups excluding carboxylic acids is 2. The number of unbranched alkanes of at least 4 members (excludes halogenated alkanes) is 39. The highest BCUT2D eigenvalue weighted by molar-refractivity contribution is 7.47. The number of phosphoric ester groups is 1. The monoisotopic (exact) mass is 1080 g/mol. The summed E-state index contributed by atoms with van der Waals surface area (Å²) in [6, 6.07) is -0.845. The number of amides is 1. The summed E-state index contributed by atoms with van der Waals surface area (Å²) in [4.78, 5) is 37.7. The average molecular weight is 1080 g/mol. The molecule has 3 unspecified atom stereocenters. The first-order valence-electron chi connectivity index (χ1n) is 32.3. The van der Waals surface area contributed by atoms with Gasteiger partial charge in [-0.1, -0.05) is 276 Å². The van der Waals surface area contributed by atoms with Crippen LogP contribution in [0.4, 0.5) is 0 Å². The number of allylic oxidation sites excluding steroid dienone is 5. The fourth-order valence-corrected chi connectivity index (χ4v) is 10.3. The van der Waals surface area contributed by atoms with Crippen molar-refractivity contribution < 1.29 is 37.3 Å². The third-order valence-corrected chi connectivity index (χ3v) is 15.6. The minimum Gasteiger partial charge on any atom is -0.456 e. The van der Waals surface area contributed by atoms with Crippen LogP contribution >= 0.6 is 7.82 Å². The van der Waals surface area contributed by atoms with Gasteiger partial charge in [0.15, 0.2) is 0 Å². The molecule has 1 amide bonds. The molecule has 10 heteroatoms. The van der Waals surface area contributed by atoms with Gasteiger partial charge in [0, 0.05) is 12.8 Å². The van der Waals surface area contributed by atoms with Crippen molar-refractivity contribution in [1.29, 1.82) is 0 Å². The van der Waals surface area contributed by atoms with Crippen molar-refractivity contribution in [2.45, 2.75) is 328 Å². The third-order valence-electron chi connectivity index (χ3n) is 14.6. The van der Waals surface area contributed by atoms with Crippen molar-refractivity contribution >= 4 is 19.7 Å². The first kappa shape index (κ1) is 73.2. The van der Waals surface area contributed by atoms with Crippen molar-refractivity contribution in [1.82, 2.24) is 5.32 Å². The largest absolute Gasteiger partial charge is 0.472 e. The van der Waals surface area contributed by atoms with Gasteiger partial charge in [0.05, 0.1) is 33.8 Å². The molecule has 0 aromatic heterocycles. The van der Waals surface area contributed by atoms with Crippen molar-refractivity contribution in [3.8, 4) is 0 Å². The second-order valence-corrected chi connectivity index (χ2v) is 24.7. The van der Waals surface area contributed by atoms with Crippen molar-refractivity contribution in [3.05, 3.63) is 36.5 Å². The lowest BCUT2D eigenvalue weighted by atomic mass is 10.0. The maximum Gasteiger partial charge on any atom is 0.472 e. The lowest BCUT2D eigenvalue weighted by molar-refractivity contribution is -0.870. The maximum atomic E-state index is 13.6. The van der Waals surface area contributed by atoms with Crippen molar-refractivity contribution in [2.75, 3.05) is 40.9 Å². The molecule has 0 saturated heterocycles. The molecule has 0 fully saturated rings. The Morgan fingerprint density at radius 1 is 0.467 bits per heavy atom. The van der Waals surface area contributed by atoms with Gasteiger partial charge >= 0.3 is 13.8 Å². The van der Waals surface area contributed by atoms with Crippen molar-refractivity contribution in [3.63, 3.8) is 0 Å². The number of ether oxygens (including phenoxy) is 1. The SMILES string of the molecule is CCCCC/C=C\C/C=C\CCCCCCCCCCCCCC(=O)NC(COP(=O)(O)OCC[N+](C)(C)C)C(/C=C/CCCCCCCCCCC)OC(=O)CCCCCCCCCCCCCCCCCCC. The Kier molecular flexibility index (Phi) is 54.2. The molecule has 0 aromatic carbocycles. The molecular weight excluding hydrogens is 952 g/mol. The fraction of sp³-hybridized carbons (Fsp3) is 0.877. The minimum absolute atomic E-state index is 0.0423. The molecule has 75 heavy (non-hydrogen) atoms. The quantitative estimate of drug-likeness (QED) is 0.0205. The number of esters is 1. The van der Waals surface area contributed by atoms with Crippen LogP contribution in [-0.2, 0) is 27.9 Å². The number of carbonyl (C=O) groups is 2. The minimum atomic E-state index is -4.44.